The molecule has 1 aliphatic rings. The van der Waals surface area contributed by atoms with Crippen LogP contribution in [0.2, 0.25) is 0 Å². The van der Waals surface area contributed by atoms with Crippen LogP contribution in [0.25, 0.3) is 0 Å². The van der Waals surface area contributed by atoms with Gasteiger partial charge in [-0.3, -0.25) is 14.5 Å². The summed E-state index contributed by atoms with van der Waals surface area (Å²) in [5.41, 5.74) is 6.73. The Labute approximate surface area is 204 Å². The van der Waals surface area contributed by atoms with Crippen molar-refractivity contribution in [2.24, 2.45) is 0 Å². The fourth-order valence-electron chi connectivity index (χ4n) is 4.88. The summed E-state index contributed by atoms with van der Waals surface area (Å²) in [7, 11) is 0. The topological polar surface area (TPSA) is 79.2 Å². The number of aromatic nitrogens is 2. The monoisotopic (exact) mass is 467 g/mol. The van der Waals surface area contributed by atoms with Gasteiger partial charge in [0.05, 0.1) is 12.0 Å². The third-order valence-corrected chi connectivity index (χ3v) is 6.65. The Morgan fingerprint density at radius 2 is 1.80 bits per heavy atom. The van der Waals surface area contributed by atoms with Crippen molar-refractivity contribution in [1.82, 2.24) is 10.2 Å². The lowest BCUT2D eigenvalue weighted by atomic mass is 9.90. The van der Waals surface area contributed by atoms with Gasteiger partial charge >= 0.3 is 0 Å². The van der Waals surface area contributed by atoms with Crippen LogP contribution in [0.5, 0.6) is 0 Å². The molecule has 0 atom stereocenters. The molecule has 2 heterocycles. The van der Waals surface area contributed by atoms with Crippen LogP contribution in [0.3, 0.4) is 0 Å². The number of hydrogen-bond donors (Lipinski definition) is 1. The highest BCUT2D eigenvalue weighted by molar-refractivity contribution is 6.05. The van der Waals surface area contributed by atoms with Crippen LogP contribution in [0.1, 0.15) is 56.7 Å². The molecular weight excluding hydrogens is 438 g/mol. The van der Waals surface area contributed by atoms with Gasteiger partial charge in [0.2, 0.25) is 5.88 Å². The molecular formula is C29H29N3O3. The molecule has 4 aromatic rings. The number of anilines is 1. The van der Waals surface area contributed by atoms with Crippen molar-refractivity contribution >= 4 is 11.8 Å². The van der Waals surface area contributed by atoms with E-state index in [0.717, 1.165) is 54.5 Å². The molecule has 0 fully saturated rings. The molecule has 2 aromatic carbocycles. The molecule has 178 valence electrons. The Morgan fingerprint density at radius 1 is 1.00 bits per heavy atom. The molecule has 0 aliphatic heterocycles. The summed E-state index contributed by atoms with van der Waals surface area (Å²) in [4.78, 5) is 27.5. The normalized spacial score (nSPS) is 12.8. The predicted octanol–water partition coefficient (Wildman–Crippen LogP) is 5.03. The molecule has 2 aromatic heterocycles. The Hall–Kier alpha value is -3.93. The SMILES string of the molecule is Cc1cccc(CCN(C(=O)c2cccc(Cc3n[nH]c(=O)c4c3CCCC4)c2)c2ccco2)c1. The third kappa shape index (κ3) is 5.11. The maximum atomic E-state index is 13.6. The molecule has 5 rings (SSSR count). The fraction of sp³-hybridized carbons (Fsp3) is 0.276. The lowest BCUT2D eigenvalue weighted by molar-refractivity contribution is 0.0983. The van der Waals surface area contributed by atoms with Gasteiger partial charge < -0.3 is 4.42 Å². The average molecular weight is 468 g/mol. The van der Waals surface area contributed by atoms with Crippen molar-refractivity contribution < 1.29 is 9.21 Å². The van der Waals surface area contributed by atoms with Crippen molar-refractivity contribution in [3.8, 4) is 0 Å². The van der Waals surface area contributed by atoms with Gasteiger partial charge in [-0.2, -0.15) is 5.10 Å². The molecule has 0 saturated carbocycles. The first-order chi connectivity index (χ1) is 17.1. The number of fused-ring (bicyclic) bond motifs is 1. The van der Waals surface area contributed by atoms with E-state index in [-0.39, 0.29) is 11.5 Å². The van der Waals surface area contributed by atoms with Crippen molar-refractivity contribution in [3.05, 3.63) is 116 Å². The molecule has 35 heavy (non-hydrogen) atoms. The number of nitrogens with one attached hydrogen (secondary N) is 1. The van der Waals surface area contributed by atoms with Gasteiger partial charge in [0.25, 0.3) is 11.5 Å². The van der Waals surface area contributed by atoms with E-state index in [4.69, 9.17) is 4.42 Å². The summed E-state index contributed by atoms with van der Waals surface area (Å²) in [5, 5.41) is 7.02. The molecule has 0 bridgehead atoms. The first-order valence-corrected chi connectivity index (χ1v) is 12.2. The summed E-state index contributed by atoms with van der Waals surface area (Å²) >= 11 is 0. The second kappa shape index (κ2) is 10.1. The zero-order valence-electron chi connectivity index (χ0n) is 19.9. The number of aryl methyl sites for hydroxylation is 1. The van der Waals surface area contributed by atoms with E-state index in [1.54, 1.807) is 17.2 Å². The van der Waals surface area contributed by atoms with Crippen molar-refractivity contribution in [2.45, 2.75) is 45.4 Å². The number of amides is 1. The minimum absolute atomic E-state index is 0.0740. The van der Waals surface area contributed by atoms with Gasteiger partial charge in [0, 0.05) is 30.2 Å². The third-order valence-electron chi connectivity index (χ3n) is 6.65. The molecule has 1 aliphatic carbocycles. The van der Waals surface area contributed by atoms with Gasteiger partial charge in [-0.25, -0.2) is 5.10 Å². The van der Waals surface area contributed by atoms with Gasteiger partial charge in [-0.05, 0) is 73.9 Å². The van der Waals surface area contributed by atoms with E-state index < -0.39 is 0 Å². The number of hydrogen-bond acceptors (Lipinski definition) is 4. The van der Waals surface area contributed by atoms with E-state index in [2.05, 4.69) is 35.3 Å². The van der Waals surface area contributed by atoms with Crippen molar-refractivity contribution in [2.75, 3.05) is 11.4 Å². The molecule has 0 unspecified atom stereocenters. The number of benzene rings is 2. The first kappa shape index (κ1) is 22.8. The maximum absolute atomic E-state index is 13.6. The highest BCUT2D eigenvalue weighted by Crippen LogP contribution is 2.24. The number of carbonyl (C=O) groups excluding carboxylic acids is 1. The second-order valence-corrected chi connectivity index (χ2v) is 9.19. The number of rotatable bonds is 7. The second-order valence-electron chi connectivity index (χ2n) is 9.19. The lowest BCUT2D eigenvalue weighted by Crippen LogP contribution is -2.32. The van der Waals surface area contributed by atoms with E-state index in [9.17, 15) is 9.59 Å². The quantitative estimate of drug-likeness (QED) is 0.413. The number of carbonyl (C=O) groups is 1. The van der Waals surface area contributed by atoms with Crippen LogP contribution in [-0.4, -0.2) is 22.6 Å². The van der Waals surface area contributed by atoms with E-state index in [1.807, 2.05) is 36.4 Å². The van der Waals surface area contributed by atoms with Crippen LogP contribution >= 0.6 is 0 Å². The maximum Gasteiger partial charge on any atom is 0.267 e. The van der Waals surface area contributed by atoms with Crippen molar-refractivity contribution in [3.63, 3.8) is 0 Å². The van der Waals surface area contributed by atoms with Gasteiger partial charge in [0.1, 0.15) is 0 Å². The number of nitrogens with zero attached hydrogens (tertiary/aromatic N) is 2. The van der Waals surface area contributed by atoms with E-state index in [0.29, 0.717) is 24.4 Å². The Bertz CT molecular complexity index is 1390. The highest BCUT2D eigenvalue weighted by atomic mass is 16.3. The van der Waals surface area contributed by atoms with Crippen LogP contribution in [0, 0.1) is 6.92 Å². The van der Waals surface area contributed by atoms with Crippen LogP contribution in [-0.2, 0) is 25.7 Å². The van der Waals surface area contributed by atoms with E-state index >= 15 is 0 Å². The fourth-order valence-corrected chi connectivity index (χ4v) is 4.88. The Kier molecular flexibility index (Phi) is 6.62. The molecule has 6 heteroatoms. The minimum Gasteiger partial charge on any atom is -0.448 e. The van der Waals surface area contributed by atoms with Gasteiger partial charge in [-0.1, -0.05) is 42.0 Å². The molecule has 0 saturated heterocycles. The zero-order chi connectivity index (χ0) is 24.2. The molecule has 6 nitrogen and oxygen atoms in total. The first-order valence-electron chi connectivity index (χ1n) is 12.2. The largest absolute Gasteiger partial charge is 0.448 e. The minimum atomic E-state index is -0.106. The Morgan fingerprint density at radius 3 is 2.60 bits per heavy atom. The number of furan rings is 1. The average Bonchev–Trinajstić information content (AvgIpc) is 3.41. The highest BCUT2D eigenvalue weighted by Gasteiger charge is 2.21. The van der Waals surface area contributed by atoms with E-state index in [1.165, 1.54) is 11.1 Å². The van der Waals surface area contributed by atoms with Crippen molar-refractivity contribution in [1.29, 1.82) is 0 Å². The lowest BCUT2D eigenvalue weighted by Gasteiger charge is -2.21. The summed E-state index contributed by atoms with van der Waals surface area (Å²) in [6.07, 6.45) is 6.68. The van der Waals surface area contributed by atoms with Crippen LogP contribution in [0.4, 0.5) is 5.88 Å². The van der Waals surface area contributed by atoms with Crippen LogP contribution < -0.4 is 10.5 Å². The summed E-state index contributed by atoms with van der Waals surface area (Å²) in [6.45, 7) is 2.58. The predicted molar refractivity (Wildman–Crippen MR) is 136 cm³/mol. The van der Waals surface area contributed by atoms with Gasteiger partial charge in [-0.15, -0.1) is 0 Å². The smallest absolute Gasteiger partial charge is 0.267 e. The van der Waals surface area contributed by atoms with Crippen LogP contribution in [0.15, 0.2) is 76.1 Å². The Balaban J connectivity index is 1.39. The standard InChI is InChI=1S/C29H29N3O3/c1-20-7-4-8-21(17-20)14-15-32(27-13-6-16-35-27)29(34)23-10-5-9-22(18-23)19-26-24-11-2-3-12-25(24)28(33)31-30-26/h4-10,13,16-18H,2-3,11-12,14-15,19H2,1H3,(H,31,33). The molecule has 0 spiro atoms. The summed E-state index contributed by atoms with van der Waals surface area (Å²) in [5.74, 6) is 0.426. The van der Waals surface area contributed by atoms with Gasteiger partial charge in [0.15, 0.2) is 0 Å². The number of H-pyrrole nitrogens is 1. The summed E-state index contributed by atoms with van der Waals surface area (Å²) < 4.78 is 5.61. The molecule has 1 N–H and O–H groups in total. The zero-order valence-corrected chi connectivity index (χ0v) is 19.9. The molecule has 0 radical (unpaired) electrons. The number of aromatic amines is 1. The molecule has 1 amide bonds. The summed E-state index contributed by atoms with van der Waals surface area (Å²) in [6, 6.07) is 19.6.